The Bertz CT molecular complexity index is 567. The highest BCUT2D eigenvalue weighted by Gasteiger charge is 2.48. The molecule has 6 heteroatoms. The molecule has 0 radical (unpaired) electrons. The van der Waals surface area contributed by atoms with Crippen LogP contribution in [0, 0.1) is 17.8 Å². The maximum atomic E-state index is 12.4. The molecule has 134 valence electrons. The minimum atomic E-state index is -0.110. The van der Waals surface area contributed by atoms with Gasteiger partial charge in [0.05, 0.1) is 19.6 Å². The fourth-order valence-corrected chi connectivity index (χ4v) is 4.04. The van der Waals surface area contributed by atoms with Crippen molar-refractivity contribution in [2.75, 3.05) is 13.7 Å². The first-order valence-electron chi connectivity index (χ1n) is 8.42. The largest absolute Gasteiger partial charge is 0.497 e. The second kappa shape index (κ2) is 8.08. The number of nitrogens with two attached hydrogens (primary N) is 1. The number of amides is 1. The summed E-state index contributed by atoms with van der Waals surface area (Å²) in [7, 11) is 1.63. The number of carbonyl (C=O) groups excluding carboxylic acids is 1. The van der Waals surface area contributed by atoms with Gasteiger partial charge in [0.15, 0.2) is 0 Å². The summed E-state index contributed by atoms with van der Waals surface area (Å²) < 4.78 is 11.0. The first-order chi connectivity index (χ1) is 11.1. The van der Waals surface area contributed by atoms with E-state index in [9.17, 15) is 4.79 Å². The highest BCUT2D eigenvalue weighted by Crippen LogP contribution is 2.47. The Kier molecular flexibility index (Phi) is 6.35. The van der Waals surface area contributed by atoms with Crippen molar-refractivity contribution >= 4 is 18.3 Å². The summed E-state index contributed by atoms with van der Waals surface area (Å²) in [5.74, 6) is 2.59. The minimum absolute atomic E-state index is 0. The van der Waals surface area contributed by atoms with Crippen LogP contribution >= 0.6 is 12.4 Å². The van der Waals surface area contributed by atoms with Crippen LogP contribution < -0.4 is 20.5 Å². The van der Waals surface area contributed by atoms with Crippen molar-refractivity contribution in [2.24, 2.45) is 23.5 Å². The second-order valence-electron chi connectivity index (χ2n) is 6.79. The van der Waals surface area contributed by atoms with Crippen molar-refractivity contribution in [3.05, 3.63) is 24.3 Å². The molecule has 1 aromatic rings. The van der Waals surface area contributed by atoms with E-state index in [1.165, 1.54) is 6.42 Å². The third-order valence-electron chi connectivity index (χ3n) is 5.23. The predicted octanol–water partition coefficient (Wildman–Crippen LogP) is 2.37. The first kappa shape index (κ1) is 18.9. The quantitative estimate of drug-likeness (QED) is 0.822. The number of halogens is 1. The molecule has 1 aromatic carbocycles. The Morgan fingerprint density at radius 2 is 2.04 bits per heavy atom. The zero-order chi connectivity index (χ0) is 16.4. The van der Waals surface area contributed by atoms with Crippen molar-refractivity contribution < 1.29 is 14.3 Å². The van der Waals surface area contributed by atoms with E-state index >= 15 is 0 Å². The topological polar surface area (TPSA) is 73.6 Å². The number of ether oxygens (including phenoxy) is 2. The Morgan fingerprint density at radius 3 is 2.71 bits per heavy atom. The second-order valence-corrected chi connectivity index (χ2v) is 6.79. The summed E-state index contributed by atoms with van der Waals surface area (Å²) in [6.07, 6.45) is 3.34. The average Bonchev–Trinajstić information content (AvgIpc) is 3.14. The van der Waals surface area contributed by atoms with Gasteiger partial charge in [-0.3, -0.25) is 4.79 Å². The van der Waals surface area contributed by atoms with Gasteiger partial charge in [0.1, 0.15) is 17.6 Å². The number of carbonyl (C=O) groups is 1. The third-order valence-corrected chi connectivity index (χ3v) is 5.23. The van der Waals surface area contributed by atoms with Crippen molar-refractivity contribution in [3.8, 4) is 11.5 Å². The molecule has 1 amide bonds. The van der Waals surface area contributed by atoms with Crippen LogP contribution in [0.5, 0.6) is 11.5 Å². The van der Waals surface area contributed by atoms with Crippen molar-refractivity contribution in [2.45, 2.75) is 38.3 Å². The zero-order valence-electron chi connectivity index (χ0n) is 14.2. The number of hydrogen-bond acceptors (Lipinski definition) is 4. The SMILES string of the molecule is COc1cccc(OC(C)CNC(=O)C2C3CCC(C3)C2N)c1.Cl. The standard InChI is InChI=1S/C18H26N2O3.ClH/c1-11(23-15-5-3-4-14(9-15)22-2)10-20-18(21)16-12-6-7-13(8-12)17(16)19;/h3-5,9,11-13,16-17H,6-8,10,19H2,1-2H3,(H,20,21);1H. The minimum Gasteiger partial charge on any atom is -0.497 e. The Morgan fingerprint density at radius 1 is 1.33 bits per heavy atom. The number of rotatable bonds is 6. The molecule has 2 bridgehead atoms. The van der Waals surface area contributed by atoms with E-state index in [0.29, 0.717) is 18.4 Å². The average molecular weight is 355 g/mol. The maximum Gasteiger partial charge on any atom is 0.225 e. The molecule has 3 rings (SSSR count). The van der Waals surface area contributed by atoms with Crippen LogP contribution in [0.1, 0.15) is 26.2 Å². The lowest BCUT2D eigenvalue weighted by atomic mass is 9.84. The molecule has 0 aliphatic heterocycles. The molecule has 2 aliphatic carbocycles. The van der Waals surface area contributed by atoms with Crippen LogP contribution in [0.15, 0.2) is 24.3 Å². The molecule has 0 saturated heterocycles. The fraction of sp³-hybridized carbons (Fsp3) is 0.611. The maximum absolute atomic E-state index is 12.4. The normalized spacial score (nSPS) is 28.8. The van der Waals surface area contributed by atoms with E-state index < -0.39 is 0 Å². The molecule has 5 nitrogen and oxygen atoms in total. The van der Waals surface area contributed by atoms with E-state index in [0.717, 1.165) is 24.3 Å². The van der Waals surface area contributed by atoms with Crippen LogP contribution in [-0.2, 0) is 4.79 Å². The van der Waals surface area contributed by atoms with Gasteiger partial charge in [0.2, 0.25) is 5.91 Å². The van der Waals surface area contributed by atoms with E-state index in [2.05, 4.69) is 5.32 Å². The van der Waals surface area contributed by atoms with Gasteiger partial charge in [0.25, 0.3) is 0 Å². The van der Waals surface area contributed by atoms with Crippen LogP contribution in [0.3, 0.4) is 0 Å². The lowest BCUT2D eigenvalue weighted by Crippen LogP contribution is -2.47. The predicted molar refractivity (Wildman–Crippen MR) is 95.6 cm³/mol. The van der Waals surface area contributed by atoms with Gasteiger partial charge in [-0.15, -0.1) is 12.4 Å². The first-order valence-corrected chi connectivity index (χ1v) is 8.42. The van der Waals surface area contributed by atoms with Gasteiger partial charge in [-0.1, -0.05) is 6.07 Å². The summed E-state index contributed by atoms with van der Waals surface area (Å²) >= 11 is 0. The molecule has 24 heavy (non-hydrogen) atoms. The molecule has 5 unspecified atom stereocenters. The molecule has 2 fully saturated rings. The van der Waals surface area contributed by atoms with Gasteiger partial charge in [-0.25, -0.2) is 0 Å². The number of benzene rings is 1. The van der Waals surface area contributed by atoms with Crippen molar-refractivity contribution in [3.63, 3.8) is 0 Å². The smallest absolute Gasteiger partial charge is 0.225 e. The molecule has 2 aliphatic rings. The van der Waals surface area contributed by atoms with E-state index in [1.807, 2.05) is 31.2 Å². The number of methoxy groups -OCH3 is 1. The van der Waals surface area contributed by atoms with E-state index in [4.69, 9.17) is 15.2 Å². The number of hydrogen-bond donors (Lipinski definition) is 2. The van der Waals surface area contributed by atoms with E-state index in [-0.39, 0.29) is 36.4 Å². The third kappa shape index (κ3) is 3.95. The molecular weight excluding hydrogens is 328 g/mol. The fourth-order valence-electron chi connectivity index (χ4n) is 4.04. The highest BCUT2D eigenvalue weighted by atomic mass is 35.5. The highest BCUT2D eigenvalue weighted by molar-refractivity contribution is 5.85. The summed E-state index contributed by atoms with van der Waals surface area (Å²) in [6.45, 7) is 2.43. The lowest BCUT2D eigenvalue weighted by Gasteiger charge is -2.27. The van der Waals surface area contributed by atoms with E-state index in [1.54, 1.807) is 7.11 Å². The monoisotopic (exact) mass is 354 g/mol. The Hall–Kier alpha value is -1.46. The Labute approximate surface area is 149 Å². The molecule has 0 spiro atoms. The summed E-state index contributed by atoms with van der Waals surface area (Å²) in [6, 6.07) is 7.50. The zero-order valence-corrected chi connectivity index (χ0v) is 15.1. The van der Waals surface area contributed by atoms with Gasteiger partial charge in [-0.2, -0.15) is 0 Å². The van der Waals surface area contributed by atoms with Crippen LogP contribution in [0.2, 0.25) is 0 Å². The van der Waals surface area contributed by atoms with Gasteiger partial charge >= 0.3 is 0 Å². The molecule has 3 N–H and O–H groups in total. The molecule has 5 atom stereocenters. The molecule has 0 heterocycles. The Balaban J connectivity index is 0.00000208. The van der Waals surface area contributed by atoms with Crippen molar-refractivity contribution in [1.29, 1.82) is 0 Å². The summed E-state index contributed by atoms with van der Waals surface area (Å²) in [5, 5.41) is 3.01. The van der Waals surface area contributed by atoms with Crippen LogP contribution in [0.4, 0.5) is 0 Å². The molecular formula is C18H27ClN2O3. The van der Waals surface area contributed by atoms with Gasteiger partial charge in [0, 0.05) is 12.1 Å². The van der Waals surface area contributed by atoms with Gasteiger partial charge in [-0.05, 0) is 50.2 Å². The lowest BCUT2D eigenvalue weighted by molar-refractivity contribution is -0.127. The number of fused-ring (bicyclic) bond motifs is 2. The van der Waals surface area contributed by atoms with Crippen molar-refractivity contribution in [1.82, 2.24) is 5.32 Å². The van der Waals surface area contributed by atoms with Crippen LogP contribution in [-0.4, -0.2) is 31.7 Å². The van der Waals surface area contributed by atoms with Gasteiger partial charge < -0.3 is 20.5 Å². The molecule has 2 saturated carbocycles. The van der Waals surface area contributed by atoms with Crippen LogP contribution in [0.25, 0.3) is 0 Å². The number of nitrogens with one attached hydrogen (secondary N) is 1. The summed E-state index contributed by atoms with van der Waals surface area (Å²) in [5.41, 5.74) is 6.22. The molecule has 0 aromatic heterocycles. The summed E-state index contributed by atoms with van der Waals surface area (Å²) in [4.78, 5) is 12.4.